The zero-order chi connectivity index (χ0) is 12.9. The molecule has 0 saturated heterocycles. The summed E-state index contributed by atoms with van der Waals surface area (Å²) >= 11 is 0. The zero-order valence-corrected chi connectivity index (χ0v) is 8.66. The van der Waals surface area contributed by atoms with Crippen LogP contribution >= 0.6 is 0 Å². The predicted octanol–water partition coefficient (Wildman–Crippen LogP) is 2.32. The maximum atomic E-state index is 11.9. The van der Waals surface area contributed by atoms with Crippen molar-refractivity contribution >= 4 is 5.91 Å². The molecule has 1 amide bonds. The third kappa shape index (κ3) is 4.55. The summed E-state index contributed by atoms with van der Waals surface area (Å²) in [6.45, 7) is 0. The molecule has 3 nitrogen and oxygen atoms in total. The number of carbonyl (C=O) groups excluding carboxylic acids is 1. The maximum Gasteiger partial charge on any atom is 0.397 e. The maximum absolute atomic E-state index is 11.9. The highest BCUT2D eigenvalue weighted by Gasteiger charge is 2.32. The van der Waals surface area contributed by atoms with Crippen LogP contribution in [0, 0.1) is 11.3 Å². The molecular weight excluding hydrogens is 233 g/mol. The van der Waals surface area contributed by atoms with Gasteiger partial charge in [-0.1, -0.05) is 30.3 Å². The van der Waals surface area contributed by atoms with E-state index in [-0.39, 0.29) is 0 Å². The highest BCUT2D eigenvalue weighted by atomic mass is 19.4. The number of amides is 1. The van der Waals surface area contributed by atoms with Crippen molar-refractivity contribution in [2.45, 2.75) is 18.6 Å². The molecule has 0 bridgehead atoms. The van der Waals surface area contributed by atoms with Gasteiger partial charge >= 0.3 is 6.18 Å². The number of nitrogens with one attached hydrogen (secondary N) is 1. The number of nitriles is 1. The second kappa shape index (κ2) is 5.34. The minimum Gasteiger partial charge on any atom is -0.336 e. The Bertz CT molecular complexity index is 423. The van der Waals surface area contributed by atoms with Gasteiger partial charge in [0.2, 0.25) is 5.91 Å². The first kappa shape index (κ1) is 13.0. The fourth-order valence-corrected chi connectivity index (χ4v) is 1.23. The van der Waals surface area contributed by atoms with Crippen LogP contribution in [0.25, 0.3) is 0 Å². The van der Waals surface area contributed by atoms with Gasteiger partial charge in [-0.25, -0.2) is 0 Å². The molecular formula is C11H9F3N2O. The minimum atomic E-state index is -4.57. The molecule has 6 heteroatoms. The SMILES string of the molecule is N#CC(NC(=O)CC(F)(F)F)c1ccccc1. The van der Waals surface area contributed by atoms with Gasteiger partial charge < -0.3 is 5.32 Å². The van der Waals surface area contributed by atoms with E-state index >= 15 is 0 Å². The van der Waals surface area contributed by atoms with Gasteiger partial charge in [0.15, 0.2) is 0 Å². The Kier molecular flexibility index (Phi) is 4.10. The fraction of sp³-hybridized carbons (Fsp3) is 0.273. The third-order valence-electron chi connectivity index (χ3n) is 1.93. The van der Waals surface area contributed by atoms with E-state index in [2.05, 4.69) is 0 Å². The molecule has 1 N–H and O–H groups in total. The zero-order valence-electron chi connectivity index (χ0n) is 8.66. The molecule has 0 radical (unpaired) electrons. The van der Waals surface area contributed by atoms with E-state index in [1.54, 1.807) is 36.4 Å². The van der Waals surface area contributed by atoms with Crippen LogP contribution in [0.5, 0.6) is 0 Å². The molecule has 0 aliphatic rings. The van der Waals surface area contributed by atoms with Gasteiger partial charge in [0.05, 0.1) is 6.07 Å². The molecule has 90 valence electrons. The van der Waals surface area contributed by atoms with Crippen LogP contribution in [-0.2, 0) is 4.79 Å². The first-order valence-electron chi connectivity index (χ1n) is 4.73. The van der Waals surface area contributed by atoms with Crippen molar-refractivity contribution in [3.05, 3.63) is 35.9 Å². The molecule has 0 fully saturated rings. The number of benzene rings is 1. The summed E-state index contributed by atoms with van der Waals surface area (Å²) in [5.41, 5.74) is 0.450. The lowest BCUT2D eigenvalue weighted by atomic mass is 10.1. The average Bonchev–Trinajstić information content (AvgIpc) is 2.24. The van der Waals surface area contributed by atoms with E-state index in [9.17, 15) is 18.0 Å². The Morgan fingerprint density at radius 2 is 1.94 bits per heavy atom. The standard InChI is InChI=1S/C11H9F3N2O/c12-11(13,14)6-10(17)16-9(7-15)8-4-2-1-3-5-8/h1-5,9H,6H2,(H,16,17). The predicted molar refractivity (Wildman–Crippen MR) is 53.6 cm³/mol. The van der Waals surface area contributed by atoms with Crippen LogP contribution in [0.1, 0.15) is 18.0 Å². The van der Waals surface area contributed by atoms with Crippen molar-refractivity contribution in [3.63, 3.8) is 0 Å². The van der Waals surface area contributed by atoms with Crippen LogP contribution in [0.4, 0.5) is 13.2 Å². The molecule has 1 aromatic rings. The molecule has 0 saturated carbocycles. The lowest BCUT2D eigenvalue weighted by molar-refractivity contribution is -0.154. The molecule has 0 aliphatic heterocycles. The van der Waals surface area contributed by atoms with Crippen LogP contribution < -0.4 is 5.32 Å². The van der Waals surface area contributed by atoms with Gasteiger partial charge in [0, 0.05) is 0 Å². The summed E-state index contributed by atoms with van der Waals surface area (Å²) in [5, 5.41) is 10.8. The fourth-order valence-electron chi connectivity index (χ4n) is 1.23. The van der Waals surface area contributed by atoms with Gasteiger partial charge in [-0.05, 0) is 5.56 Å². The van der Waals surface area contributed by atoms with Crippen LogP contribution in [-0.4, -0.2) is 12.1 Å². The largest absolute Gasteiger partial charge is 0.397 e. The lowest BCUT2D eigenvalue weighted by Crippen LogP contribution is -2.31. The summed E-state index contributed by atoms with van der Waals surface area (Å²) < 4.78 is 35.8. The Morgan fingerprint density at radius 1 is 1.35 bits per heavy atom. The summed E-state index contributed by atoms with van der Waals surface area (Å²) in [6.07, 6.45) is -6.15. The highest BCUT2D eigenvalue weighted by Crippen LogP contribution is 2.20. The number of hydrogen-bond acceptors (Lipinski definition) is 2. The van der Waals surface area contributed by atoms with Crippen molar-refractivity contribution in [3.8, 4) is 6.07 Å². The Morgan fingerprint density at radius 3 is 2.41 bits per heavy atom. The number of alkyl halides is 3. The summed E-state index contributed by atoms with van der Waals surface area (Å²) in [6, 6.07) is 8.76. The third-order valence-corrected chi connectivity index (χ3v) is 1.93. The van der Waals surface area contributed by atoms with Gasteiger partial charge in [-0.3, -0.25) is 4.79 Å². The molecule has 17 heavy (non-hydrogen) atoms. The topological polar surface area (TPSA) is 52.9 Å². The van der Waals surface area contributed by atoms with Crippen LogP contribution in [0.15, 0.2) is 30.3 Å². The number of halogens is 3. The quantitative estimate of drug-likeness (QED) is 0.884. The van der Waals surface area contributed by atoms with Crippen molar-refractivity contribution in [2.75, 3.05) is 0 Å². The molecule has 1 rings (SSSR count). The first-order chi connectivity index (χ1) is 7.92. The Balaban J connectivity index is 2.67. The number of nitrogens with zero attached hydrogens (tertiary/aromatic N) is 1. The van der Waals surface area contributed by atoms with Gasteiger partial charge in [0.25, 0.3) is 0 Å². The van der Waals surface area contributed by atoms with Crippen molar-refractivity contribution in [1.29, 1.82) is 5.26 Å². The van der Waals surface area contributed by atoms with Crippen molar-refractivity contribution in [1.82, 2.24) is 5.32 Å². The number of rotatable bonds is 3. The normalized spacial score (nSPS) is 12.6. The molecule has 0 spiro atoms. The van der Waals surface area contributed by atoms with Crippen molar-refractivity contribution < 1.29 is 18.0 Å². The molecule has 0 aliphatic carbocycles. The van der Waals surface area contributed by atoms with E-state index < -0.39 is 24.5 Å². The van der Waals surface area contributed by atoms with Crippen LogP contribution in [0.3, 0.4) is 0 Å². The lowest BCUT2D eigenvalue weighted by Gasteiger charge is -2.12. The van der Waals surface area contributed by atoms with Gasteiger partial charge in [-0.15, -0.1) is 0 Å². The monoisotopic (exact) mass is 242 g/mol. The van der Waals surface area contributed by atoms with E-state index in [0.717, 1.165) is 0 Å². The van der Waals surface area contributed by atoms with E-state index in [0.29, 0.717) is 5.56 Å². The van der Waals surface area contributed by atoms with Crippen LogP contribution in [0.2, 0.25) is 0 Å². The van der Waals surface area contributed by atoms with E-state index in [1.165, 1.54) is 0 Å². The summed E-state index contributed by atoms with van der Waals surface area (Å²) in [5.74, 6) is -1.21. The minimum absolute atomic E-state index is 0.450. The molecule has 1 unspecified atom stereocenters. The average molecular weight is 242 g/mol. The van der Waals surface area contributed by atoms with E-state index in [4.69, 9.17) is 5.26 Å². The second-order valence-electron chi connectivity index (χ2n) is 3.33. The molecule has 0 aromatic heterocycles. The number of carbonyl (C=O) groups is 1. The Labute approximate surface area is 95.9 Å². The molecule has 1 atom stereocenters. The van der Waals surface area contributed by atoms with Crippen molar-refractivity contribution in [2.24, 2.45) is 0 Å². The summed E-state index contributed by atoms with van der Waals surface area (Å²) in [4.78, 5) is 11.0. The Hall–Kier alpha value is -2.03. The highest BCUT2D eigenvalue weighted by molar-refractivity contribution is 5.77. The molecule has 0 heterocycles. The first-order valence-corrected chi connectivity index (χ1v) is 4.73. The summed E-state index contributed by atoms with van der Waals surface area (Å²) in [7, 11) is 0. The molecule has 1 aromatic carbocycles. The van der Waals surface area contributed by atoms with E-state index in [1.807, 2.05) is 5.32 Å². The van der Waals surface area contributed by atoms with Gasteiger partial charge in [-0.2, -0.15) is 18.4 Å². The number of hydrogen-bond donors (Lipinski definition) is 1. The van der Waals surface area contributed by atoms with Gasteiger partial charge in [0.1, 0.15) is 12.5 Å². The second-order valence-corrected chi connectivity index (χ2v) is 3.33. The smallest absolute Gasteiger partial charge is 0.336 e.